The lowest BCUT2D eigenvalue weighted by molar-refractivity contribution is -0.148. The van der Waals surface area contributed by atoms with Crippen LogP contribution < -0.4 is 4.90 Å². The van der Waals surface area contributed by atoms with Crippen molar-refractivity contribution in [3.63, 3.8) is 0 Å². The molecule has 1 aromatic heterocycles. The van der Waals surface area contributed by atoms with Crippen LogP contribution >= 0.6 is 11.3 Å². The molecule has 0 saturated carbocycles. The van der Waals surface area contributed by atoms with Gasteiger partial charge >= 0.3 is 11.9 Å². The molecule has 0 aliphatic heterocycles. The second-order valence-corrected chi connectivity index (χ2v) is 6.61. The third kappa shape index (κ3) is 4.48. The molecule has 136 valence electrons. The first-order valence-corrected chi connectivity index (χ1v) is 9.30. The number of carbonyl (C=O) groups excluding carboxylic acids is 1. The predicted molar refractivity (Wildman–Crippen MR) is 109 cm³/mol. The molecule has 2 aromatic carbocycles. The van der Waals surface area contributed by atoms with Gasteiger partial charge in [0, 0.05) is 23.2 Å². The van der Waals surface area contributed by atoms with Crippen LogP contribution in [0.4, 0.5) is 5.69 Å². The van der Waals surface area contributed by atoms with E-state index in [0.29, 0.717) is 5.69 Å². The molecule has 0 radical (unpaired) electrons. The third-order valence-corrected chi connectivity index (χ3v) is 4.75. The summed E-state index contributed by atoms with van der Waals surface area (Å²) in [5.74, 6) is -2.40. The van der Waals surface area contributed by atoms with Crippen molar-refractivity contribution < 1.29 is 14.7 Å². The third-order valence-electron chi connectivity index (χ3n) is 3.94. The summed E-state index contributed by atoms with van der Waals surface area (Å²) in [6.07, 6.45) is 3.81. The van der Waals surface area contributed by atoms with Crippen LogP contribution in [0.3, 0.4) is 0 Å². The smallest absolute Gasteiger partial charge is 0.394 e. The Balaban J connectivity index is 1.79. The molecule has 3 aromatic rings. The first kappa shape index (κ1) is 18.5. The molecule has 1 N–H and O–H groups in total. The van der Waals surface area contributed by atoms with Crippen LogP contribution in [0, 0.1) is 0 Å². The van der Waals surface area contributed by atoms with Crippen LogP contribution in [-0.2, 0) is 9.59 Å². The van der Waals surface area contributed by atoms with E-state index in [9.17, 15) is 9.59 Å². The van der Waals surface area contributed by atoms with Crippen molar-refractivity contribution in [2.75, 3.05) is 11.4 Å². The number of hydrogen-bond acceptors (Lipinski definition) is 4. The van der Waals surface area contributed by atoms with Gasteiger partial charge in [-0.25, -0.2) is 9.78 Å². The van der Waals surface area contributed by atoms with E-state index in [2.05, 4.69) is 4.98 Å². The summed E-state index contributed by atoms with van der Waals surface area (Å²) in [4.78, 5) is 28.6. The Hall–Kier alpha value is -3.25. The average Bonchev–Trinajstić information content (AvgIpc) is 3.17. The first-order valence-electron chi connectivity index (χ1n) is 8.42. The van der Waals surface area contributed by atoms with E-state index in [4.69, 9.17) is 5.11 Å². The number of carboxylic acid groups (broad SMARTS) is 1. The summed E-state index contributed by atoms with van der Waals surface area (Å²) in [6.45, 7) is 2.02. The number of carboxylic acids is 1. The predicted octanol–water partition coefficient (Wildman–Crippen LogP) is 4.42. The zero-order valence-corrected chi connectivity index (χ0v) is 15.5. The molecule has 27 heavy (non-hydrogen) atoms. The number of thiazole rings is 1. The molecule has 0 bridgehead atoms. The van der Waals surface area contributed by atoms with Gasteiger partial charge in [0.2, 0.25) is 0 Å². The van der Waals surface area contributed by atoms with Gasteiger partial charge in [0.25, 0.3) is 0 Å². The van der Waals surface area contributed by atoms with Gasteiger partial charge in [-0.15, -0.1) is 11.3 Å². The second kappa shape index (κ2) is 8.42. The average molecular weight is 378 g/mol. The van der Waals surface area contributed by atoms with Gasteiger partial charge in [-0.1, -0.05) is 48.5 Å². The maximum absolute atomic E-state index is 11.8. The molecule has 6 heteroatoms. The van der Waals surface area contributed by atoms with Crippen molar-refractivity contribution >= 4 is 41.1 Å². The lowest BCUT2D eigenvalue weighted by Crippen LogP contribution is -2.36. The van der Waals surface area contributed by atoms with Crippen LogP contribution in [-0.4, -0.2) is 28.5 Å². The summed E-state index contributed by atoms with van der Waals surface area (Å²) in [5, 5.41) is 11.8. The molecule has 0 aliphatic carbocycles. The highest BCUT2D eigenvalue weighted by atomic mass is 32.1. The number of aromatic nitrogens is 1. The normalized spacial score (nSPS) is 10.9. The lowest BCUT2D eigenvalue weighted by atomic mass is 10.1. The zero-order valence-electron chi connectivity index (χ0n) is 14.7. The molecule has 0 spiro atoms. The molecule has 0 atom stereocenters. The fourth-order valence-electron chi connectivity index (χ4n) is 2.63. The van der Waals surface area contributed by atoms with Crippen LogP contribution in [0.15, 0.2) is 60.0 Å². The van der Waals surface area contributed by atoms with E-state index in [0.717, 1.165) is 21.8 Å². The molecule has 5 nitrogen and oxygen atoms in total. The van der Waals surface area contributed by atoms with Crippen molar-refractivity contribution in [3.8, 4) is 11.3 Å². The van der Waals surface area contributed by atoms with Gasteiger partial charge in [0.1, 0.15) is 5.01 Å². The largest absolute Gasteiger partial charge is 0.474 e. The Morgan fingerprint density at radius 3 is 2.59 bits per heavy atom. The Labute approximate surface area is 161 Å². The Bertz CT molecular complexity index is 980. The van der Waals surface area contributed by atoms with Crippen LogP contribution in [0.25, 0.3) is 23.4 Å². The van der Waals surface area contributed by atoms with Crippen molar-refractivity contribution in [3.05, 3.63) is 70.5 Å². The number of nitrogens with zero attached hydrogens (tertiary/aromatic N) is 2. The summed E-state index contributed by atoms with van der Waals surface area (Å²) in [6, 6.07) is 17.2. The van der Waals surface area contributed by atoms with Gasteiger partial charge < -0.3 is 10.0 Å². The molecule has 0 saturated heterocycles. The number of amides is 1. The zero-order chi connectivity index (χ0) is 19.2. The van der Waals surface area contributed by atoms with E-state index >= 15 is 0 Å². The summed E-state index contributed by atoms with van der Waals surface area (Å²) in [5.41, 5.74) is 3.41. The quantitative estimate of drug-likeness (QED) is 0.667. The van der Waals surface area contributed by atoms with E-state index in [1.165, 1.54) is 4.90 Å². The van der Waals surface area contributed by atoms with Gasteiger partial charge in [-0.3, -0.25) is 4.79 Å². The van der Waals surface area contributed by atoms with Crippen molar-refractivity contribution in [1.29, 1.82) is 0 Å². The monoisotopic (exact) mass is 378 g/mol. The molecule has 3 rings (SSSR count). The minimum absolute atomic E-state index is 0.283. The number of benzene rings is 2. The van der Waals surface area contributed by atoms with Crippen molar-refractivity contribution in [2.45, 2.75) is 6.92 Å². The molecule has 0 aliphatic rings. The summed E-state index contributed by atoms with van der Waals surface area (Å²) < 4.78 is 0. The lowest BCUT2D eigenvalue weighted by Gasteiger charge is -2.18. The maximum atomic E-state index is 11.8. The number of carbonyl (C=O) groups is 2. The van der Waals surface area contributed by atoms with Gasteiger partial charge in [-0.05, 0) is 30.7 Å². The minimum atomic E-state index is -1.46. The summed E-state index contributed by atoms with van der Waals surface area (Å²) >= 11 is 1.55. The van der Waals surface area contributed by atoms with Crippen LogP contribution in [0.1, 0.15) is 17.5 Å². The number of rotatable bonds is 5. The van der Waals surface area contributed by atoms with E-state index in [1.54, 1.807) is 36.5 Å². The number of likely N-dealkylation sites (N-methyl/N-ethyl adjacent to an activating group) is 1. The highest BCUT2D eigenvalue weighted by Crippen LogP contribution is 2.23. The SMILES string of the molecule is CCN(C(=O)C(=O)O)c1cccc(C=Cc2nc(-c3ccccc3)cs2)c1. The van der Waals surface area contributed by atoms with Gasteiger partial charge in [0.05, 0.1) is 5.69 Å². The van der Waals surface area contributed by atoms with Gasteiger partial charge in [-0.2, -0.15) is 0 Å². The molecule has 1 heterocycles. The van der Waals surface area contributed by atoms with Crippen LogP contribution in [0.2, 0.25) is 0 Å². The molecular weight excluding hydrogens is 360 g/mol. The van der Waals surface area contributed by atoms with Gasteiger partial charge in [0.15, 0.2) is 0 Å². The number of hydrogen-bond donors (Lipinski definition) is 1. The fourth-order valence-corrected chi connectivity index (χ4v) is 3.35. The Morgan fingerprint density at radius 1 is 1.11 bits per heavy atom. The van der Waals surface area contributed by atoms with Crippen LogP contribution in [0.5, 0.6) is 0 Å². The second-order valence-electron chi connectivity index (χ2n) is 5.72. The van der Waals surface area contributed by atoms with E-state index in [-0.39, 0.29) is 6.54 Å². The standard InChI is InChI=1S/C21H18N2O3S/c1-2-23(20(24)21(25)26)17-10-6-7-15(13-17)11-12-19-22-18(14-27-19)16-8-4-3-5-9-16/h3-14H,2H2,1H3,(H,25,26). The minimum Gasteiger partial charge on any atom is -0.474 e. The highest BCUT2D eigenvalue weighted by molar-refractivity contribution is 7.10. The first-order chi connectivity index (χ1) is 13.1. The topological polar surface area (TPSA) is 70.5 Å². The fraction of sp³-hybridized carbons (Fsp3) is 0.0952. The number of aliphatic carboxylic acids is 1. The number of anilines is 1. The van der Waals surface area contributed by atoms with Crippen molar-refractivity contribution in [2.24, 2.45) is 0 Å². The summed E-state index contributed by atoms with van der Waals surface area (Å²) in [7, 11) is 0. The van der Waals surface area contributed by atoms with E-state index in [1.807, 2.05) is 53.9 Å². The Morgan fingerprint density at radius 2 is 1.89 bits per heavy atom. The Kier molecular flexibility index (Phi) is 5.78. The molecular formula is C21H18N2O3S. The van der Waals surface area contributed by atoms with Crippen molar-refractivity contribution in [1.82, 2.24) is 4.98 Å². The molecule has 0 unspecified atom stereocenters. The molecule has 0 fully saturated rings. The molecule has 1 amide bonds. The maximum Gasteiger partial charge on any atom is 0.394 e. The van der Waals surface area contributed by atoms with E-state index < -0.39 is 11.9 Å². The highest BCUT2D eigenvalue weighted by Gasteiger charge is 2.20.